The zero-order chi connectivity index (χ0) is 13.0. The number of hydrogen-bond acceptors (Lipinski definition) is 2. The van der Waals surface area contributed by atoms with E-state index in [1.807, 2.05) is 37.4 Å². The molecule has 2 atom stereocenters. The van der Waals surface area contributed by atoms with Crippen LogP contribution in [0.3, 0.4) is 0 Å². The van der Waals surface area contributed by atoms with E-state index in [0.717, 1.165) is 17.7 Å². The number of aliphatic hydroxyl groups excluding tert-OH is 1. The summed E-state index contributed by atoms with van der Waals surface area (Å²) in [5.74, 6) is 0.259. The maximum absolute atomic E-state index is 9.49. The molecule has 2 nitrogen and oxygen atoms in total. The molecule has 94 valence electrons. The van der Waals surface area contributed by atoms with Crippen molar-refractivity contribution in [3.63, 3.8) is 0 Å². The van der Waals surface area contributed by atoms with Crippen molar-refractivity contribution in [2.75, 3.05) is 0 Å². The molecule has 0 aliphatic rings. The van der Waals surface area contributed by atoms with Gasteiger partial charge in [-0.3, -0.25) is 4.98 Å². The van der Waals surface area contributed by atoms with Crippen LogP contribution in [-0.4, -0.2) is 16.2 Å². The third-order valence-corrected chi connectivity index (χ3v) is 3.28. The zero-order valence-corrected chi connectivity index (χ0v) is 10.9. The maximum atomic E-state index is 9.49. The molecule has 2 aromatic rings. The van der Waals surface area contributed by atoms with Crippen molar-refractivity contribution in [2.24, 2.45) is 5.92 Å². The van der Waals surface area contributed by atoms with E-state index in [1.54, 1.807) is 0 Å². The van der Waals surface area contributed by atoms with Crippen LogP contribution in [0.5, 0.6) is 0 Å². The molecule has 2 rings (SSSR count). The van der Waals surface area contributed by atoms with Gasteiger partial charge in [-0.2, -0.15) is 0 Å². The van der Waals surface area contributed by atoms with Crippen LogP contribution in [0.15, 0.2) is 48.7 Å². The second-order valence-electron chi connectivity index (χ2n) is 4.84. The maximum Gasteiger partial charge on any atom is 0.0702 e. The molecular weight excluding hydrogens is 222 g/mol. The summed E-state index contributed by atoms with van der Waals surface area (Å²) in [6, 6.07) is 14.3. The van der Waals surface area contributed by atoms with E-state index < -0.39 is 0 Å². The topological polar surface area (TPSA) is 33.1 Å². The quantitative estimate of drug-likeness (QED) is 0.890. The molecule has 0 fully saturated rings. The van der Waals surface area contributed by atoms with Crippen molar-refractivity contribution in [1.82, 2.24) is 4.98 Å². The van der Waals surface area contributed by atoms with E-state index in [-0.39, 0.29) is 12.0 Å². The van der Waals surface area contributed by atoms with Crippen LogP contribution in [0.4, 0.5) is 0 Å². The van der Waals surface area contributed by atoms with E-state index in [0.29, 0.717) is 0 Å². The number of nitrogens with zero attached hydrogens (tertiary/aromatic N) is 1. The Morgan fingerprint density at radius 2 is 1.78 bits per heavy atom. The van der Waals surface area contributed by atoms with Gasteiger partial charge in [-0.1, -0.05) is 43.3 Å². The first kappa shape index (κ1) is 12.8. The fraction of sp³-hybridized carbons (Fsp3) is 0.312. The minimum atomic E-state index is -0.279. The van der Waals surface area contributed by atoms with E-state index in [2.05, 4.69) is 30.1 Å². The largest absolute Gasteiger partial charge is 0.393 e. The van der Waals surface area contributed by atoms with E-state index in [4.69, 9.17) is 0 Å². The lowest BCUT2D eigenvalue weighted by Crippen LogP contribution is -2.15. The first-order chi connectivity index (χ1) is 8.66. The highest BCUT2D eigenvalue weighted by Gasteiger charge is 2.09. The lowest BCUT2D eigenvalue weighted by atomic mass is 9.97. The Hall–Kier alpha value is -1.67. The summed E-state index contributed by atoms with van der Waals surface area (Å²) in [6.45, 7) is 3.88. The fourth-order valence-electron chi connectivity index (χ4n) is 1.87. The SMILES string of the molecule is CC(O)C(C)Cc1ccc(-c2ccccc2)nc1. The number of rotatable bonds is 4. The molecule has 1 aromatic heterocycles. The van der Waals surface area contributed by atoms with E-state index in [1.165, 1.54) is 5.56 Å². The van der Waals surface area contributed by atoms with Gasteiger partial charge in [0.25, 0.3) is 0 Å². The van der Waals surface area contributed by atoms with Crippen LogP contribution in [-0.2, 0) is 6.42 Å². The molecule has 0 radical (unpaired) electrons. The lowest BCUT2D eigenvalue weighted by Gasteiger charge is -2.14. The van der Waals surface area contributed by atoms with Gasteiger partial charge in [-0.05, 0) is 30.9 Å². The van der Waals surface area contributed by atoms with Gasteiger partial charge in [0, 0.05) is 11.8 Å². The highest BCUT2D eigenvalue weighted by Crippen LogP contribution is 2.18. The van der Waals surface area contributed by atoms with Crippen LogP contribution in [0.1, 0.15) is 19.4 Å². The molecule has 1 N–H and O–H groups in total. The summed E-state index contributed by atoms with van der Waals surface area (Å²) in [5, 5.41) is 9.49. The van der Waals surface area contributed by atoms with Crippen molar-refractivity contribution < 1.29 is 5.11 Å². The van der Waals surface area contributed by atoms with Crippen molar-refractivity contribution in [3.05, 3.63) is 54.2 Å². The van der Waals surface area contributed by atoms with Crippen LogP contribution < -0.4 is 0 Å². The smallest absolute Gasteiger partial charge is 0.0702 e. The summed E-state index contributed by atoms with van der Waals surface area (Å²) < 4.78 is 0. The molecule has 0 aliphatic heterocycles. The third-order valence-electron chi connectivity index (χ3n) is 3.28. The third kappa shape index (κ3) is 3.17. The van der Waals surface area contributed by atoms with Gasteiger partial charge in [0.2, 0.25) is 0 Å². The predicted molar refractivity (Wildman–Crippen MR) is 74.2 cm³/mol. The Morgan fingerprint density at radius 3 is 2.33 bits per heavy atom. The Bertz CT molecular complexity index is 476. The first-order valence-electron chi connectivity index (χ1n) is 6.35. The van der Waals surface area contributed by atoms with Gasteiger partial charge in [0.15, 0.2) is 0 Å². The molecule has 0 amide bonds. The monoisotopic (exact) mass is 241 g/mol. The summed E-state index contributed by atoms with van der Waals surface area (Å²) in [7, 11) is 0. The van der Waals surface area contributed by atoms with E-state index in [9.17, 15) is 5.11 Å². The average molecular weight is 241 g/mol. The van der Waals surface area contributed by atoms with Gasteiger partial charge in [-0.25, -0.2) is 0 Å². The van der Waals surface area contributed by atoms with Gasteiger partial charge >= 0.3 is 0 Å². The standard InChI is InChI=1S/C16H19NO/c1-12(13(2)18)10-14-8-9-16(17-11-14)15-6-4-3-5-7-15/h3-9,11-13,18H,10H2,1-2H3. The van der Waals surface area contributed by atoms with E-state index >= 15 is 0 Å². The molecule has 2 unspecified atom stereocenters. The molecule has 0 aliphatic carbocycles. The second-order valence-corrected chi connectivity index (χ2v) is 4.84. The lowest BCUT2D eigenvalue weighted by molar-refractivity contribution is 0.135. The van der Waals surface area contributed by atoms with Crippen molar-refractivity contribution >= 4 is 0 Å². The fourth-order valence-corrected chi connectivity index (χ4v) is 1.87. The van der Waals surface area contributed by atoms with Crippen LogP contribution in [0.25, 0.3) is 11.3 Å². The Labute approximate surface area is 108 Å². The predicted octanol–water partition coefficient (Wildman–Crippen LogP) is 3.31. The Balaban J connectivity index is 2.11. The summed E-state index contributed by atoms with van der Waals surface area (Å²) >= 11 is 0. The molecule has 0 bridgehead atoms. The summed E-state index contributed by atoms with van der Waals surface area (Å²) in [4.78, 5) is 4.48. The van der Waals surface area contributed by atoms with Crippen molar-refractivity contribution in [1.29, 1.82) is 0 Å². The number of aliphatic hydroxyl groups is 1. The highest BCUT2D eigenvalue weighted by atomic mass is 16.3. The Kier molecular flexibility index (Phi) is 4.11. The average Bonchev–Trinajstić information content (AvgIpc) is 2.40. The minimum Gasteiger partial charge on any atom is -0.393 e. The van der Waals surface area contributed by atoms with Gasteiger partial charge in [0.05, 0.1) is 11.8 Å². The van der Waals surface area contributed by atoms with Gasteiger partial charge in [0.1, 0.15) is 0 Å². The molecule has 2 heteroatoms. The number of benzene rings is 1. The van der Waals surface area contributed by atoms with Crippen LogP contribution >= 0.6 is 0 Å². The van der Waals surface area contributed by atoms with Gasteiger partial charge in [-0.15, -0.1) is 0 Å². The molecule has 0 spiro atoms. The number of pyridine rings is 1. The molecule has 18 heavy (non-hydrogen) atoms. The summed E-state index contributed by atoms with van der Waals surface area (Å²) in [5.41, 5.74) is 3.29. The van der Waals surface area contributed by atoms with Crippen LogP contribution in [0, 0.1) is 5.92 Å². The van der Waals surface area contributed by atoms with Crippen molar-refractivity contribution in [3.8, 4) is 11.3 Å². The zero-order valence-electron chi connectivity index (χ0n) is 10.9. The van der Waals surface area contributed by atoms with Crippen LogP contribution in [0.2, 0.25) is 0 Å². The normalized spacial score (nSPS) is 14.2. The van der Waals surface area contributed by atoms with Crippen molar-refractivity contribution in [2.45, 2.75) is 26.4 Å². The Morgan fingerprint density at radius 1 is 1.06 bits per heavy atom. The minimum absolute atomic E-state index is 0.259. The first-order valence-corrected chi connectivity index (χ1v) is 6.35. The molecule has 1 aromatic carbocycles. The molecule has 0 saturated carbocycles. The number of aromatic nitrogens is 1. The van der Waals surface area contributed by atoms with Gasteiger partial charge < -0.3 is 5.11 Å². The molecular formula is C16H19NO. The molecule has 1 heterocycles. The molecule has 0 saturated heterocycles. The second kappa shape index (κ2) is 5.78. The highest BCUT2D eigenvalue weighted by molar-refractivity contribution is 5.58. The summed E-state index contributed by atoms with van der Waals surface area (Å²) in [6.07, 6.45) is 2.49. The number of hydrogen-bond donors (Lipinski definition) is 1.